The van der Waals surface area contributed by atoms with Crippen LogP contribution in [0.4, 0.5) is 11.4 Å². The summed E-state index contributed by atoms with van der Waals surface area (Å²) in [7, 11) is 1.59. The molecule has 34 heavy (non-hydrogen) atoms. The Morgan fingerprint density at radius 3 is 2.62 bits per heavy atom. The van der Waals surface area contributed by atoms with Crippen LogP contribution < -0.4 is 14.8 Å². The molecule has 1 atom stereocenters. The number of carbonyl (C=O) groups is 2. The number of amides is 2. The molecule has 1 aliphatic heterocycles. The minimum atomic E-state index is -0.670. The van der Waals surface area contributed by atoms with Gasteiger partial charge in [0, 0.05) is 47.6 Å². The molecule has 1 aliphatic rings. The molecule has 9 nitrogen and oxygen atoms in total. The van der Waals surface area contributed by atoms with Crippen LogP contribution in [0.5, 0.6) is 11.5 Å². The number of nitro benzene ring substituents is 1. The Kier molecular flexibility index (Phi) is 6.44. The number of anilines is 1. The van der Waals surface area contributed by atoms with E-state index in [1.807, 2.05) is 24.3 Å². The Morgan fingerprint density at radius 2 is 1.91 bits per heavy atom. The maximum Gasteiger partial charge on any atom is 0.269 e. The normalized spacial score (nSPS) is 15.1. The molecular formula is C25H23N3O6. The number of carbonyl (C=O) groups excluding carboxylic acids is 2. The summed E-state index contributed by atoms with van der Waals surface area (Å²) < 4.78 is 11.3. The molecule has 9 heteroatoms. The average Bonchev–Trinajstić information content (AvgIpc) is 2.95. The van der Waals surface area contributed by atoms with Gasteiger partial charge in [0.1, 0.15) is 11.5 Å². The van der Waals surface area contributed by atoms with E-state index in [9.17, 15) is 19.7 Å². The van der Waals surface area contributed by atoms with E-state index < -0.39 is 16.9 Å². The SMILES string of the molecule is COc1ccccc1CN1Cc2cc(NC(=O)c3ccc([N+](=O)[O-])cc3)ccc2O[C@@H](C)C1=O. The van der Waals surface area contributed by atoms with E-state index >= 15 is 0 Å². The number of methoxy groups -OCH3 is 1. The molecule has 174 valence electrons. The zero-order valence-electron chi connectivity index (χ0n) is 18.7. The van der Waals surface area contributed by atoms with Crippen molar-refractivity contribution >= 4 is 23.2 Å². The Hall–Kier alpha value is -4.40. The van der Waals surface area contributed by atoms with Crippen molar-refractivity contribution in [2.24, 2.45) is 0 Å². The summed E-state index contributed by atoms with van der Waals surface area (Å²) in [5.41, 5.74) is 2.33. The molecule has 0 unspecified atom stereocenters. The van der Waals surface area contributed by atoms with E-state index in [0.29, 0.717) is 29.3 Å². The third kappa shape index (κ3) is 4.83. The second-order valence-electron chi connectivity index (χ2n) is 7.85. The van der Waals surface area contributed by atoms with Gasteiger partial charge in [0.15, 0.2) is 6.10 Å². The van der Waals surface area contributed by atoms with Gasteiger partial charge < -0.3 is 19.7 Å². The van der Waals surface area contributed by atoms with Crippen molar-refractivity contribution in [2.45, 2.75) is 26.1 Å². The van der Waals surface area contributed by atoms with Crippen molar-refractivity contribution in [3.8, 4) is 11.5 Å². The highest BCUT2D eigenvalue weighted by Gasteiger charge is 2.28. The predicted molar refractivity (Wildman–Crippen MR) is 125 cm³/mol. The molecule has 4 rings (SSSR count). The van der Waals surface area contributed by atoms with Gasteiger partial charge in [0.25, 0.3) is 17.5 Å². The van der Waals surface area contributed by atoms with Crippen LogP contribution >= 0.6 is 0 Å². The van der Waals surface area contributed by atoms with Crippen molar-refractivity contribution in [2.75, 3.05) is 12.4 Å². The minimum absolute atomic E-state index is 0.0901. The number of nitro groups is 1. The van der Waals surface area contributed by atoms with E-state index in [0.717, 1.165) is 11.1 Å². The monoisotopic (exact) mass is 461 g/mol. The number of hydrogen-bond acceptors (Lipinski definition) is 6. The zero-order chi connectivity index (χ0) is 24.2. The predicted octanol–water partition coefficient (Wildman–Crippen LogP) is 4.17. The molecule has 0 spiro atoms. The highest BCUT2D eigenvalue weighted by atomic mass is 16.6. The molecule has 3 aromatic rings. The summed E-state index contributed by atoms with van der Waals surface area (Å²) in [6, 6.07) is 18.0. The molecule has 1 N–H and O–H groups in total. The summed E-state index contributed by atoms with van der Waals surface area (Å²) in [6.45, 7) is 2.34. The second kappa shape index (κ2) is 9.62. The summed E-state index contributed by atoms with van der Waals surface area (Å²) in [6.07, 6.45) is -0.670. The Bertz CT molecular complexity index is 1240. The van der Waals surface area contributed by atoms with Crippen LogP contribution in [0.25, 0.3) is 0 Å². The first-order valence-corrected chi connectivity index (χ1v) is 10.6. The fourth-order valence-electron chi connectivity index (χ4n) is 3.79. The van der Waals surface area contributed by atoms with Gasteiger partial charge >= 0.3 is 0 Å². The first-order valence-electron chi connectivity index (χ1n) is 10.6. The first-order chi connectivity index (χ1) is 16.4. The number of benzene rings is 3. The number of nitrogens with one attached hydrogen (secondary N) is 1. The number of ether oxygens (including phenoxy) is 2. The highest BCUT2D eigenvalue weighted by Crippen LogP contribution is 2.30. The third-order valence-corrected chi connectivity index (χ3v) is 5.54. The van der Waals surface area contributed by atoms with Crippen LogP contribution in [0.15, 0.2) is 66.7 Å². The Labute approximate surface area is 196 Å². The molecule has 0 aromatic heterocycles. The van der Waals surface area contributed by atoms with Gasteiger partial charge in [-0.25, -0.2) is 0 Å². The van der Waals surface area contributed by atoms with Crippen LogP contribution in [0.2, 0.25) is 0 Å². The lowest BCUT2D eigenvalue weighted by molar-refractivity contribution is -0.384. The molecule has 0 radical (unpaired) electrons. The Morgan fingerprint density at radius 1 is 1.18 bits per heavy atom. The minimum Gasteiger partial charge on any atom is -0.496 e. The standard InChI is InChI=1S/C25H23N3O6/c1-16-25(30)27(14-18-5-3-4-6-22(18)33-2)15-19-13-20(9-12-23(19)34-16)26-24(29)17-7-10-21(11-8-17)28(31)32/h3-13,16H,14-15H2,1-2H3,(H,26,29)/t16-/m0/s1. The van der Waals surface area contributed by atoms with Gasteiger partial charge in [-0.1, -0.05) is 18.2 Å². The van der Waals surface area contributed by atoms with Gasteiger partial charge in [0.05, 0.1) is 12.0 Å². The lowest BCUT2D eigenvalue weighted by Gasteiger charge is -2.23. The van der Waals surface area contributed by atoms with Crippen LogP contribution in [-0.4, -0.2) is 34.9 Å². The molecule has 0 saturated heterocycles. The maximum atomic E-state index is 13.0. The van der Waals surface area contributed by atoms with Crippen LogP contribution in [0.3, 0.4) is 0 Å². The molecule has 2 amide bonds. The number of fused-ring (bicyclic) bond motifs is 1. The van der Waals surface area contributed by atoms with Crippen LogP contribution in [-0.2, 0) is 17.9 Å². The zero-order valence-corrected chi connectivity index (χ0v) is 18.7. The van der Waals surface area contributed by atoms with Crippen molar-refractivity contribution < 1.29 is 24.0 Å². The number of rotatable bonds is 6. The summed E-state index contributed by atoms with van der Waals surface area (Å²) in [4.78, 5) is 37.6. The first kappa shape index (κ1) is 22.8. The van der Waals surface area contributed by atoms with Gasteiger partial charge in [0.2, 0.25) is 0 Å². The van der Waals surface area contributed by atoms with Crippen molar-refractivity contribution in [1.29, 1.82) is 0 Å². The van der Waals surface area contributed by atoms with Crippen molar-refractivity contribution in [1.82, 2.24) is 4.90 Å². The molecule has 0 fully saturated rings. The fraction of sp³-hybridized carbons (Fsp3) is 0.200. The number of non-ortho nitro benzene ring substituents is 1. The topological polar surface area (TPSA) is 111 Å². The smallest absolute Gasteiger partial charge is 0.269 e. The van der Waals surface area contributed by atoms with Crippen LogP contribution in [0, 0.1) is 10.1 Å². The molecule has 1 heterocycles. The third-order valence-electron chi connectivity index (χ3n) is 5.54. The van der Waals surface area contributed by atoms with E-state index in [2.05, 4.69) is 5.32 Å². The lowest BCUT2D eigenvalue weighted by atomic mass is 10.1. The highest BCUT2D eigenvalue weighted by molar-refractivity contribution is 6.04. The van der Waals surface area contributed by atoms with E-state index in [-0.39, 0.29) is 18.1 Å². The van der Waals surface area contributed by atoms with E-state index in [4.69, 9.17) is 9.47 Å². The second-order valence-corrected chi connectivity index (χ2v) is 7.85. The van der Waals surface area contributed by atoms with E-state index in [1.165, 1.54) is 24.3 Å². The summed E-state index contributed by atoms with van der Waals surface area (Å²) in [5, 5.41) is 13.6. The molecule has 0 aliphatic carbocycles. The maximum absolute atomic E-state index is 13.0. The van der Waals surface area contributed by atoms with Gasteiger partial charge in [-0.05, 0) is 43.3 Å². The molecule has 3 aromatic carbocycles. The van der Waals surface area contributed by atoms with Crippen molar-refractivity contribution in [3.05, 3.63) is 93.5 Å². The number of hydrogen-bond donors (Lipinski definition) is 1. The molecule has 0 saturated carbocycles. The number of para-hydroxylation sites is 1. The largest absolute Gasteiger partial charge is 0.496 e. The Balaban J connectivity index is 1.55. The molecular weight excluding hydrogens is 438 g/mol. The molecule has 0 bridgehead atoms. The van der Waals surface area contributed by atoms with Gasteiger partial charge in [-0.15, -0.1) is 0 Å². The average molecular weight is 461 g/mol. The van der Waals surface area contributed by atoms with Gasteiger partial charge in [-0.2, -0.15) is 0 Å². The van der Waals surface area contributed by atoms with Crippen LogP contribution in [0.1, 0.15) is 28.4 Å². The van der Waals surface area contributed by atoms with Crippen molar-refractivity contribution in [3.63, 3.8) is 0 Å². The summed E-state index contributed by atoms with van der Waals surface area (Å²) >= 11 is 0. The van der Waals surface area contributed by atoms with Gasteiger partial charge in [-0.3, -0.25) is 19.7 Å². The summed E-state index contributed by atoms with van der Waals surface area (Å²) in [5.74, 6) is 0.701. The number of nitrogens with zero attached hydrogens (tertiary/aromatic N) is 2. The van der Waals surface area contributed by atoms with E-state index in [1.54, 1.807) is 37.1 Å². The quantitative estimate of drug-likeness (QED) is 0.436. The lowest BCUT2D eigenvalue weighted by Crippen LogP contribution is -2.37. The fourth-order valence-corrected chi connectivity index (χ4v) is 3.79.